The van der Waals surface area contributed by atoms with Crippen molar-refractivity contribution in [1.29, 1.82) is 0 Å². The summed E-state index contributed by atoms with van der Waals surface area (Å²) in [6.07, 6.45) is 1.20. The average molecular weight is 172 g/mol. The van der Waals surface area contributed by atoms with Crippen molar-refractivity contribution in [2.45, 2.75) is 34.1 Å². The summed E-state index contributed by atoms with van der Waals surface area (Å²) in [5, 5.41) is 0. The zero-order chi connectivity index (χ0) is 9.78. The maximum atomic E-state index is 5.67. The highest BCUT2D eigenvalue weighted by Gasteiger charge is 2.27. The number of nitrogens with two attached hydrogens (primary N) is 2. The fourth-order valence-electron chi connectivity index (χ4n) is 1.95. The summed E-state index contributed by atoms with van der Waals surface area (Å²) in [5.41, 5.74) is 11.6. The summed E-state index contributed by atoms with van der Waals surface area (Å²) in [6, 6.07) is 0. The van der Waals surface area contributed by atoms with E-state index >= 15 is 0 Å². The van der Waals surface area contributed by atoms with Crippen LogP contribution >= 0.6 is 0 Å². The molecule has 0 heterocycles. The van der Waals surface area contributed by atoms with Crippen molar-refractivity contribution in [1.82, 2.24) is 0 Å². The van der Waals surface area contributed by atoms with E-state index < -0.39 is 0 Å². The lowest BCUT2D eigenvalue weighted by atomic mass is 9.73. The summed E-state index contributed by atoms with van der Waals surface area (Å²) in [6.45, 7) is 10.4. The third-order valence-electron chi connectivity index (χ3n) is 2.61. The monoisotopic (exact) mass is 172 g/mol. The van der Waals surface area contributed by atoms with E-state index in [1.54, 1.807) is 0 Å². The number of hydrogen-bond donors (Lipinski definition) is 2. The Morgan fingerprint density at radius 3 is 1.75 bits per heavy atom. The first-order chi connectivity index (χ1) is 5.44. The van der Waals surface area contributed by atoms with Gasteiger partial charge in [-0.05, 0) is 36.8 Å². The molecule has 0 bridgehead atoms. The van der Waals surface area contributed by atoms with Crippen LogP contribution in [-0.2, 0) is 0 Å². The smallest absolute Gasteiger partial charge is 0.00317 e. The fourth-order valence-corrected chi connectivity index (χ4v) is 1.95. The van der Waals surface area contributed by atoms with Crippen LogP contribution in [0.25, 0.3) is 0 Å². The van der Waals surface area contributed by atoms with Crippen molar-refractivity contribution in [3.8, 4) is 0 Å². The van der Waals surface area contributed by atoms with Crippen LogP contribution < -0.4 is 11.5 Å². The molecule has 0 atom stereocenters. The maximum Gasteiger partial charge on any atom is -0.00317 e. The van der Waals surface area contributed by atoms with Crippen LogP contribution in [0.4, 0.5) is 0 Å². The molecule has 12 heavy (non-hydrogen) atoms. The van der Waals surface area contributed by atoms with Crippen molar-refractivity contribution >= 4 is 0 Å². The Morgan fingerprint density at radius 2 is 1.50 bits per heavy atom. The van der Waals surface area contributed by atoms with Crippen LogP contribution in [0, 0.1) is 17.3 Å². The zero-order valence-electron chi connectivity index (χ0n) is 8.93. The highest BCUT2D eigenvalue weighted by molar-refractivity contribution is 4.80. The molecule has 0 saturated carbocycles. The van der Waals surface area contributed by atoms with E-state index in [-0.39, 0.29) is 5.41 Å². The molecule has 74 valence electrons. The van der Waals surface area contributed by atoms with Crippen molar-refractivity contribution in [2.24, 2.45) is 28.7 Å². The van der Waals surface area contributed by atoms with Crippen molar-refractivity contribution in [3.05, 3.63) is 0 Å². The molecule has 0 aliphatic heterocycles. The predicted octanol–water partition coefficient (Wildman–Crippen LogP) is 1.59. The summed E-state index contributed by atoms with van der Waals surface area (Å²) in [5.74, 6) is 1.18. The first-order valence-electron chi connectivity index (χ1n) is 4.84. The second-order valence-electron chi connectivity index (χ2n) is 4.75. The van der Waals surface area contributed by atoms with E-state index in [1.807, 2.05) is 0 Å². The van der Waals surface area contributed by atoms with Gasteiger partial charge in [0.2, 0.25) is 0 Å². The minimum Gasteiger partial charge on any atom is -0.330 e. The number of hydrogen-bond acceptors (Lipinski definition) is 2. The van der Waals surface area contributed by atoms with Gasteiger partial charge < -0.3 is 11.5 Å². The molecule has 0 radical (unpaired) electrons. The van der Waals surface area contributed by atoms with Crippen LogP contribution in [-0.4, -0.2) is 13.1 Å². The predicted molar refractivity (Wildman–Crippen MR) is 54.8 cm³/mol. The molecule has 0 aromatic heterocycles. The molecule has 0 amide bonds. The van der Waals surface area contributed by atoms with Gasteiger partial charge in [-0.1, -0.05) is 27.7 Å². The third-order valence-corrected chi connectivity index (χ3v) is 2.61. The van der Waals surface area contributed by atoms with Crippen molar-refractivity contribution < 1.29 is 0 Å². The first kappa shape index (κ1) is 11.9. The SMILES string of the molecule is CC(C)CC(C)(C)C(CN)CN. The fraction of sp³-hybridized carbons (Fsp3) is 1.00. The normalized spacial score (nSPS) is 13.0. The van der Waals surface area contributed by atoms with Gasteiger partial charge in [-0.15, -0.1) is 0 Å². The lowest BCUT2D eigenvalue weighted by molar-refractivity contribution is 0.181. The molecule has 0 aliphatic carbocycles. The van der Waals surface area contributed by atoms with Crippen LogP contribution in [0.15, 0.2) is 0 Å². The Hall–Kier alpha value is -0.0800. The van der Waals surface area contributed by atoms with Crippen LogP contribution in [0.5, 0.6) is 0 Å². The van der Waals surface area contributed by atoms with E-state index in [0.717, 1.165) is 5.92 Å². The van der Waals surface area contributed by atoms with E-state index in [2.05, 4.69) is 27.7 Å². The second kappa shape index (κ2) is 4.83. The Balaban J connectivity index is 4.14. The van der Waals surface area contributed by atoms with Gasteiger partial charge in [0.1, 0.15) is 0 Å². The van der Waals surface area contributed by atoms with Gasteiger partial charge in [0.25, 0.3) is 0 Å². The second-order valence-corrected chi connectivity index (χ2v) is 4.75. The minimum atomic E-state index is 0.289. The summed E-state index contributed by atoms with van der Waals surface area (Å²) in [4.78, 5) is 0. The molecule has 0 rings (SSSR count). The standard InChI is InChI=1S/C10H24N2/c1-8(2)5-10(3,4)9(6-11)7-12/h8-9H,5-7,11-12H2,1-4H3. The van der Waals surface area contributed by atoms with Gasteiger partial charge >= 0.3 is 0 Å². The Labute approximate surface area is 76.7 Å². The molecule has 0 aromatic rings. The molecule has 0 unspecified atom stereocenters. The largest absolute Gasteiger partial charge is 0.330 e. The molecule has 4 N–H and O–H groups in total. The quantitative estimate of drug-likeness (QED) is 0.661. The molecular formula is C10H24N2. The van der Waals surface area contributed by atoms with Crippen molar-refractivity contribution in [3.63, 3.8) is 0 Å². The topological polar surface area (TPSA) is 52.0 Å². The van der Waals surface area contributed by atoms with Gasteiger partial charge in [0.05, 0.1) is 0 Å². The molecule has 2 nitrogen and oxygen atoms in total. The third kappa shape index (κ3) is 3.55. The molecule has 0 aromatic carbocycles. The average Bonchev–Trinajstić information content (AvgIpc) is 1.85. The molecular weight excluding hydrogens is 148 g/mol. The highest BCUT2D eigenvalue weighted by atomic mass is 14.6. The Bertz CT molecular complexity index is 115. The summed E-state index contributed by atoms with van der Waals surface area (Å²) in [7, 11) is 0. The zero-order valence-corrected chi connectivity index (χ0v) is 8.93. The van der Waals surface area contributed by atoms with Gasteiger partial charge in [-0.3, -0.25) is 0 Å². The van der Waals surface area contributed by atoms with E-state index in [0.29, 0.717) is 19.0 Å². The molecule has 0 aliphatic rings. The lowest BCUT2D eigenvalue weighted by Gasteiger charge is -2.34. The van der Waals surface area contributed by atoms with Gasteiger partial charge in [-0.2, -0.15) is 0 Å². The molecule has 0 spiro atoms. The van der Waals surface area contributed by atoms with Gasteiger partial charge in [0, 0.05) is 0 Å². The Kier molecular flexibility index (Phi) is 4.80. The van der Waals surface area contributed by atoms with E-state index in [4.69, 9.17) is 11.5 Å². The van der Waals surface area contributed by atoms with Crippen LogP contribution in [0.2, 0.25) is 0 Å². The summed E-state index contributed by atoms with van der Waals surface area (Å²) < 4.78 is 0. The molecule has 0 fully saturated rings. The first-order valence-corrected chi connectivity index (χ1v) is 4.84. The molecule has 2 heteroatoms. The molecule has 0 saturated heterocycles. The highest BCUT2D eigenvalue weighted by Crippen LogP contribution is 2.32. The van der Waals surface area contributed by atoms with Crippen molar-refractivity contribution in [2.75, 3.05) is 13.1 Å². The lowest BCUT2D eigenvalue weighted by Crippen LogP contribution is -2.37. The van der Waals surface area contributed by atoms with E-state index in [1.165, 1.54) is 6.42 Å². The minimum absolute atomic E-state index is 0.289. The number of rotatable bonds is 5. The van der Waals surface area contributed by atoms with Crippen LogP contribution in [0.1, 0.15) is 34.1 Å². The van der Waals surface area contributed by atoms with E-state index in [9.17, 15) is 0 Å². The van der Waals surface area contributed by atoms with Crippen LogP contribution in [0.3, 0.4) is 0 Å². The van der Waals surface area contributed by atoms with Gasteiger partial charge in [0.15, 0.2) is 0 Å². The summed E-state index contributed by atoms with van der Waals surface area (Å²) >= 11 is 0. The maximum absolute atomic E-state index is 5.67. The van der Waals surface area contributed by atoms with Gasteiger partial charge in [-0.25, -0.2) is 0 Å². The Morgan fingerprint density at radius 1 is 1.08 bits per heavy atom.